The summed E-state index contributed by atoms with van der Waals surface area (Å²) in [7, 11) is 0. The zero-order chi connectivity index (χ0) is 35.5. The van der Waals surface area contributed by atoms with Gasteiger partial charge in [0, 0.05) is 41.6 Å². The fourth-order valence-corrected chi connectivity index (χ4v) is 5.66. The van der Waals surface area contributed by atoms with Gasteiger partial charge in [-0.3, -0.25) is 34.1 Å². The van der Waals surface area contributed by atoms with Gasteiger partial charge < -0.3 is 9.55 Å². The number of nitrogens with zero attached hydrogens (tertiary/aromatic N) is 4. The number of H-pyrrole nitrogens is 1. The minimum atomic E-state index is -0.350. The standard InChI is InChI=1S/C24H21N3O2.C17H14N2O2/c1-15-9-10-18(12-16(15)2)23(28)20-14-27(13-19-7-4-6-17(3)26-19)21-8-5-11-25-22(21)24(20)29;1-10-5-6-12(8-11(10)2)16(20)13-9-19-14-4-3-7-18-15(14)17(13)21/h4-12,14H,13H2,1-3H3;3-9H,1-2H3,(H,19,21). The average molecular weight is 662 g/mol. The molecule has 0 aliphatic rings. The van der Waals surface area contributed by atoms with Crippen LogP contribution >= 0.6 is 0 Å². The molecule has 0 bridgehead atoms. The highest BCUT2D eigenvalue weighted by Gasteiger charge is 2.19. The van der Waals surface area contributed by atoms with Crippen molar-refractivity contribution >= 4 is 33.6 Å². The number of hydrogen-bond donors (Lipinski definition) is 1. The van der Waals surface area contributed by atoms with Crippen LogP contribution in [0.15, 0.2) is 113 Å². The van der Waals surface area contributed by atoms with Crippen molar-refractivity contribution < 1.29 is 9.59 Å². The summed E-state index contributed by atoms with van der Waals surface area (Å²) in [6.45, 7) is 10.2. The van der Waals surface area contributed by atoms with Crippen molar-refractivity contribution in [2.75, 3.05) is 0 Å². The number of hydrogen-bond acceptors (Lipinski definition) is 7. The highest BCUT2D eigenvalue weighted by atomic mass is 16.1. The molecule has 2 aromatic carbocycles. The Morgan fingerprint density at radius 2 is 1.26 bits per heavy atom. The summed E-state index contributed by atoms with van der Waals surface area (Å²) >= 11 is 0. The Labute approximate surface area is 288 Å². The monoisotopic (exact) mass is 661 g/mol. The van der Waals surface area contributed by atoms with Crippen molar-refractivity contribution in [1.82, 2.24) is 24.5 Å². The summed E-state index contributed by atoms with van der Waals surface area (Å²) < 4.78 is 1.87. The molecule has 0 saturated carbocycles. The van der Waals surface area contributed by atoms with E-state index in [0.717, 1.165) is 33.6 Å². The third-order valence-corrected chi connectivity index (χ3v) is 8.79. The molecule has 248 valence electrons. The Morgan fingerprint density at radius 1 is 0.660 bits per heavy atom. The molecule has 9 nitrogen and oxygen atoms in total. The fourth-order valence-electron chi connectivity index (χ4n) is 5.66. The molecule has 7 aromatic rings. The van der Waals surface area contributed by atoms with E-state index in [9.17, 15) is 19.2 Å². The first kappa shape index (κ1) is 33.5. The predicted octanol–water partition coefficient (Wildman–Crippen LogP) is 6.77. The molecule has 0 fully saturated rings. The second-order valence-electron chi connectivity index (χ2n) is 12.3. The van der Waals surface area contributed by atoms with E-state index < -0.39 is 0 Å². The summed E-state index contributed by atoms with van der Waals surface area (Å²) in [6, 6.07) is 23.8. The summed E-state index contributed by atoms with van der Waals surface area (Å²) in [5, 5.41) is 0. The molecule has 0 spiro atoms. The van der Waals surface area contributed by atoms with Gasteiger partial charge in [0.15, 0.2) is 11.6 Å². The number of pyridine rings is 5. The van der Waals surface area contributed by atoms with Crippen molar-refractivity contribution in [3.05, 3.63) is 180 Å². The van der Waals surface area contributed by atoms with Gasteiger partial charge in [0.25, 0.3) is 0 Å². The Morgan fingerprint density at radius 3 is 1.90 bits per heavy atom. The third kappa shape index (κ3) is 6.79. The summed E-state index contributed by atoms with van der Waals surface area (Å²) in [4.78, 5) is 67.0. The molecule has 0 aliphatic carbocycles. The molecule has 5 aromatic heterocycles. The Bertz CT molecular complexity index is 2570. The minimum Gasteiger partial charge on any atom is -0.359 e. The van der Waals surface area contributed by atoms with Crippen LogP contribution in [-0.4, -0.2) is 36.1 Å². The van der Waals surface area contributed by atoms with Gasteiger partial charge in [0.2, 0.25) is 10.9 Å². The largest absolute Gasteiger partial charge is 0.359 e. The molecule has 7 rings (SSSR count). The maximum atomic E-state index is 13.2. The topological polar surface area (TPSA) is 128 Å². The van der Waals surface area contributed by atoms with Crippen LogP contribution in [0.25, 0.3) is 22.1 Å². The zero-order valence-corrected chi connectivity index (χ0v) is 28.4. The lowest BCUT2D eigenvalue weighted by atomic mass is 9.99. The number of fused-ring (bicyclic) bond motifs is 2. The molecule has 50 heavy (non-hydrogen) atoms. The molecule has 0 atom stereocenters. The number of carbonyl (C=O) groups is 2. The van der Waals surface area contributed by atoms with E-state index in [4.69, 9.17) is 0 Å². The third-order valence-electron chi connectivity index (χ3n) is 8.79. The van der Waals surface area contributed by atoms with E-state index in [-0.39, 0.29) is 44.6 Å². The van der Waals surface area contributed by atoms with Crippen LogP contribution in [0, 0.1) is 34.6 Å². The molecule has 0 saturated heterocycles. The summed E-state index contributed by atoms with van der Waals surface area (Å²) in [5.74, 6) is -0.580. The first-order chi connectivity index (χ1) is 24.0. The number of nitrogens with one attached hydrogen (secondary N) is 1. The second-order valence-corrected chi connectivity index (χ2v) is 12.3. The molecular weight excluding hydrogens is 626 g/mol. The molecule has 0 radical (unpaired) electrons. The van der Waals surface area contributed by atoms with Crippen LogP contribution in [0.2, 0.25) is 0 Å². The molecule has 5 heterocycles. The lowest BCUT2D eigenvalue weighted by Crippen LogP contribution is -2.21. The van der Waals surface area contributed by atoms with Gasteiger partial charge in [-0.05, 0) is 105 Å². The second kappa shape index (κ2) is 14.0. The zero-order valence-electron chi connectivity index (χ0n) is 28.4. The number of rotatable bonds is 6. The maximum Gasteiger partial charge on any atom is 0.218 e. The lowest BCUT2D eigenvalue weighted by Gasteiger charge is -2.13. The van der Waals surface area contributed by atoms with Gasteiger partial charge in [-0.25, -0.2) is 0 Å². The van der Waals surface area contributed by atoms with Gasteiger partial charge in [0.05, 0.1) is 34.4 Å². The van der Waals surface area contributed by atoms with Crippen molar-refractivity contribution in [1.29, 1.82) is 0 Å². The number of carbonyl (C=O) groups excluding carboxylic acids is 2. The van der Waals surface area contributed by atoms with Crippen LogP contribution < -0.4 is 10.9 Å². The van der Waals surface area contributed by atoms with Gasteiger partial charge in [-0.2, -0.15) is 0 Å². The Hall–Kier alpha value is -6.35. The van der Waals surface area contributed by atoms with Gasteiger partial charge in [-0.15, -0.1) is 0 Å². The number of aromatic nitrogens is 5. The lowest BCUT2D eigenvalue weighted by molar-refractivity contribution is 0.102. The summed E-state index contributed by atoms with van der Waals surface area (Å²) in [5.41, 5.74) is 8.45. The van der Waals surface area contributed by atoms with E-state index in [1.165, 1.54) is 6.20 Å². The van der Waals surface area contributed by atoms with Gasteiger partial charge >= 0.3 is 0 Å². The van der Waals surface area contributed by atoms with Crippen molar-refractivity contribution in [2.24, 2.45) is 0 Å². The number of ketones is 2. The molecular formula is C41H35N5O4. The van der Waals surface area contributed by atoms with Crippen LogP contribution in [0.3, 0.4) is 0 Å². The van der Waals surface area contributed by atoms with Gasteiger partial charge in [0.1, 0.15) is 11.0 Å². The highest BCUT2D eigenvalue weighted by molar-refractivity contribution is 6.10. The SMILES string of the molecule is Cc1ccc(C(=O)c2c[nH]c3cccnc3c2=O)cc1C.Cc1cccc(Cn2cc(C(=O)c3ccc(C)c(C)c3)c(=O)c3ncccc32)n1. The fraction of sp³-hybridized carbons (Fsp3) is 0.146. The number of aryl methyl sites for hydroxylation is 5. The first-order valence-electron chi connectivity index (χ1n) is 16.1. The quantitative estimate of drug-likeness (QED) is 0.195. The van der Waals surface area contributed by atoms with Crippen molar-refractivity contribution in [3.8, 4) is 0 Å². The Balaban J connectivity index is 0.000000182. The smallest absolute Gasteiger partial charge is 0.218 e. The van der Waals surface area contributed by atoms with Crippen molar-refractivity contribution in [2.45, 2.75) is 41.2 Å². The Kier molecular flexibility index (Phi) is 9.41. The van der Waals surface area contributed by atoms with Gasteiger partial charge in [-0.1, -0.05) is 30.3 Å². The normalized spacial score (nSPS) is 10.9. The van der Waals surface area contributed by atoms with E-state index in [1.54, 1.807) is 55.0 Å². The predicted molar refractivity (Wildman–Crippen MR) is 195 cm³/mol. The van der Waals surface area contributed by atoms with E-state index in [0.29, 0.717) is 28.7 Å². The molecule has 1 N–H and O–H groups in total. The van der Waals surface area contributed by atoms with E-state index in [1.807, 2.05) is 81.7 Å². The minimum absolute atomic E-state index is 0.115. The van der Waals surface area contributed by atoms with Crippen LogP contribution in [0.4, 0.5) is 0 Å². The number of benzene rings is 2. The highest BCUT2D eigenvalue weighted by Crippen LogP contribution is 2.17. The van der Waals surface area contributed by atoms with Crippen LogP contribution in [0.5, 0.6) is 0 Å². The van der Waals surface area contributed by atoms with Crippen LogP contribution in [-0.2, 0) is 6.54 Å². The average Bonchev–Trinajstić information content (AvgIpc) is 3.12. The van der Waals surface area contributed by atoms with Crippen LogP contribution in [0.1, 0.15) is 65.5 Å². The van der Waals surface area contributed by atoms with E-state index >= 15 is 0 Å². The molecule has 0 unspecified atom stereocenters. The maximum absolute atomic E-state index is 13.2. The molecule has 0 amide bonds. The molecule has 0 aliphatic heterocycles. The van der Waals surface area contributed by atoms with Crippen molar-refractivity contribution in [3.63, 3.8) is 0 Å². The molecule has 9 heteroatoms. The van der Waals surface area contributed by atoms with E-state index in [2.05, 4.69) is 19.9 Å². The first-order valence-corrected chi connectivity index (χ1v) is 16.1. The number of aromatic amines is 1. The summed E-state index contributed by atoms with van der Waals surface area (Å²) in [6.07, 6.45) is 6.21.